The molecule has 0 fully saturated rings. The van der Waals surface area contributed by atoms with Crippen molar-refractivity contribution in [3.63, 3.8) is 0 Å². The Hall–Kier alpha value is -3.91. The normalized spacial score (nSPS) is 11.6. The van der Waals surface area contributed by atoms with E-state index in [1.54, 1.807) is 19.1 Å². The Labute approximate surface area is 178 Å². The molecule has 0 radical (unpaired) electrons. The Morgan fingerprint density at radius 2 is 1.45 bits per heavy atom. The minimum atomic E-state index is -3.80. The number of aromatic nitrogens is 2. The van der Waals surface area contributed by atoms with Crippen molar-refractivity contribution in [2.75, 3.05) is 10.0 Å². The maximum absolute atomic E-state index is 12.6. The molecule has 5 rings (SSSR count). The summed E-state index contributed by atoms with van der Waals surface area (Å²) in [5.41, 5.74) is 3.44. The highest BCUT2D eigenvalue weighted by atomic mass is 32.2. The molecule has 5 aromatic rings. The molecule has 3 aromatic carbocycles. The van der Waals surface area contributed by atoms with E-state index in [1.165, 1.54) is 18.3 Å². The molecule has 0 aliphatic heterocycles. The van der Waals surface area contributed by atoms with Crippen LogP contribution in [0.5, 0.6) is 0 Å². The van der Waals surface area contributed by atoms with E-state index < -0.39 is 10.0 Å². The fourth-order valence-electron chi connectivity index (χ4n) is 3.41. The lowest BCUT2D eigenvalue weighted by molar-refractivity contribution is 0.543. The molecule has 0 saturated heterocycles. The zero-order valence-corrected chi connectivity index (χ0v) is 17.3. The van der Waals surface area contributed by atoms with Crippen molar-refractivity contribution >= 4 is 49.2 Å². The highest BCUT2D eigenvalue weighted by Gasteiger charge is 2.17. The third-order valence-electron chi connectivity index (χ3n) is 4.86. The lowest BCUT2D eigenvalue weighted by Crippen LogP contribution is -2.13. The van der Waals surface area contributed by atoms with Crippen LogP contribution in [0.1, 0.15) is 5.76 Å². The highest BCUT2D eigenvalue weighted by Crippen LogP contribution is 2.33. The maximum atomic E-state index is 12.6. The number of aryl methyl sites for hydroxylation is 1. The number of nitrogens with one attached hydrogen (secondary N) is 2. The summed E-state index contributed by atoms with van der Waals surface area (Å²) in [6.45, 7) is 1.69. The van der Waals surface area contributed by atoms with Gasteiger partial charge in [0.15, 0.2) is 0 Å². The highest BCUT2D eigenvalue weighted by molar-refractivity contribution is 7.92. The van der Waals surface area contributed by atoms with E-state index in [-0.39, 0.29) is 10.9 Å². The number of sulfonamides is 1. The Balaban J connectivity index is 1.49. The first kappa shape index (κ1) is 19.1. The fourth-order valence-corrected chi connectivity index (χ4v) is 4.35. The maximum Gasteiger partial charge on any atom is 0.309 e. The van der Waals surface area contributed by atoms with Crippen LogP contribution in [0.3, 0.4) is 0 Å². The minimum Gasteiger partial charge on any atom is -0.428 e. The second-order valence-electron chi connectivity index (χ2n) is 7.05. The summed E-state index contributed by atoms with van der Waals surface area (Å²) in [5, 5.41) is 5.41. The summed E-state index contributed by atoms with van der Waals surface area (Å²) < 4.78 is 32.7. The van der Waals surface area contributed by atoms with Gasteiger partial charge in [-0.05, 0) is 43.3 Å². The van der Waals surface area contributed by atoms with Gasteiger partial charge in [-0.3, -0.25) is 0 Å². The molecule has 0 spiro atoms. The molecule has 0 aliphatic carbocycles. The summed E-state index contributed by atoms with van der Waals surface area (Å²) in [4.78, 5) is 8.72. The molecule has 0 bridgehead atoms. The third kappa shape index (κ3) is 3.69. The average molecular weight is 430 g/mol. The molecular formula is C23H18N4O3S. The summed E-state index contributed by atoms with van der Waals surface area (Å²) in [7, 11) is -3.80. The predicted molar refractivity (Wildman–Crippen MR) is 121 cm³/mol. The molecule has 0 amide bonds. The Bertz CT molecular complexity index is 1460. The summed E-state index contributed by atoms with van der Waals surface area (Å²) in [6, 6.07) is 22.3. The van der Waals surface area contributed by atoms with E-state index in [9.17, 15) is 8.42 Å². The Kier molecular flexibility index (Phi) is 4.56. The lowest BCUT2D eigenvalue weighted by Gasteiger charge is -2.14. The van der Waals surface area contributed by atoms with Crippen LogP contribution in [-0.4, -0.2) is 18.4 Å². The number of nitrogens with zero attached hydrogens (tertiary/aromatic N) is 2. The van der Waals surface area contributed by atoms with Gasteiger partial charge in [-0.25, -0.2) is 23.1 Å². The van der Waals surface area contributed by atoms with Crippen molar-refractivity contribution in [2.45, 2.75) is 11.8 Å². The average Bonchev–Trinajstić information content (AvgIpc) is 3.17. The summed E-state index contributed by atoms with van der Waals surface area (Å²) >= 11 is 0. The van der Waals surface area contributed by atoms with Gasteiger partial charge in [0.05, 0.1) is 27.8 Å². The molecule has 0 saturated carbocycles. The standard InChI is InChI=1S/C23H18N4O3S/c1-15-14-24-23(30-15)27-31(28,29)17-12-10-16(11-13-17)25-22-18-6-2-4-8-20(18)26-21-9-5-3-7-19(21)22/h2-14H,1H3,(H,24,27)(H,25,26). The van der Waals surface area contributed by atoms with Crippen LogP contribution in [-0.2, 0) is 10.0 Å². The number of para-hydroxylation sites is 2. The number of benzene rings is 3. The second kappa shape index (κ2) is 7.41. The smallest absolute Gasteiger partial charge is 0.309 e. The van der Waals surface area contributed by atoms with Crippen LogP contribution in [0.15, 0.2) is 88.3 Å². The van der Waals surface area contributed by atoms with Crippen molar-refractivity contribution < 1.29 is 12.8 Å². The second-order valence-corrected chi connectivity index (χ2v) is 8.73. The van der Waals surface area contributed by atoms with E-state index in [1.807, 2.05) is 48.5 Å². The molecular weight excluding hydrogens is 412 g/mol. The molecule has 7 nitrogen and oxygen atoms in total. The number of hydrogen-bond acceptors (Lipinski definition) is 6. The molecule has 0 atom stereocenters. The van der Waals surface area contributed by atoms with Gasteiger partial charge >= 0.3 is 6.01 Å². The van der Waals surface area contributed by atoms with Gasteiger partial charge in [0.2, 0.25) is 0 Å². The molecule has 0 aliphatic rings. The number of pyridine rings is 1. The molecule has 31 heavy (non-hydrogen) atoms. The van der Waals surface area contributed by atoms with Gasteiger partial charge in [-0.15, -0.1) is 0 Å². The van der Waals surface area contributed by atoms with Crippen LogP contribution in [0.25, 0.3) is 21.8 Å². The van der Waals surface area contributed by atoms with Crippen molar-refractivity contribution in [3.05, 3.63) is 84.8 Å². The first-order valence-electron chi connectivity index (χ1n) is 9.59. The van der Waals surface area contributed by atoms with Crippen LogP contribution in [0.2, 0.25) is 0 Å². The van der Waals surface area contributed by atoms with Crippen molar-refractivity contribution in [1.29, 1.82) is 0 Å². The number of rotatable bonds is 5. The van der Waals surface area contributed by atoms with Gasteiger partial charge in [0.1, 0.15) is 5.76 Å². The van der Waals surface area contributed by atoms with Crippen LogP contribution in [0, 0.1) is 6.92 Å². The fraction of sp³-hybridized carbons (Fsp3) is 0.0435. The van der Waals surface area contributed by atoms with Gasteiger partial charge < -0.3 is 9.73 Å². The molecule has 154 valence electrons. The van der Waals surface area contributed by atoms with Gasteiger partial charge in [0.25, 0.3) is 10.0 Å². The van der Waals surface area contributed by atoms with Crippen LogP contribution >= 0.6 is 0 Å². The SMILES string of the molecule is Cc1cnc(NS(=O)(=O)c2ccc(Nc3c4ccccc4nc4ccccc34)cc2)o1. The molecule has 0 unspecified atom stereocenters. The summed E-state index contributed by atoms with van der Waals surface area (Å²) in [5.74, 6) is 0.522. The molecule has 2 N–H and O–H groups in total. The van der Waals surface area contributed by atoms with E-state index in [4.69, 9.17) is 9.40 Å². The quantitative estimate of drug-likeness (QED) is 0.371. The van der Waals surface area contributed by atoms with E-state index in [0.29, 0.717) is 5.76 Å². The zero-order chi connectivity index (χ0) is 21.4. The van der Waals surface area contributed by atoms with Gasteiger partial charge in [-0.1, -0.05) is 36.4 Å². The predicted octanol–water partition coefficient (Wildman–Crippen LogP) is 5.23. The summed E-state index contributed by atoms with van der Waals surface area (Å²) in [6.07, 6.45) is 1.45. The topological polar surface area (TPSA) is 97.1 Å². The molecule has 8 heteroatoms. The monoisotopic (exact) mass is 430 g/mol. The molecule has 2 aromatic heterocycles. The van der Waals surface area contributed by atoms with Gasteiger partial charge in [0, 0.05) is 16.5 Å². The van der Waals surface area contributed by atoms with Crippen LogP contribution < -0.4 is 10.0 Å². The van der Waals surface area contributed by atoms with Crippen LogP contribution in [0.4, 0.5) is 17.4 Å². The van der Waals surface area contributed by atoms with E-state index in [2.05, 4.69) is 15.0 Å². The van der Waals surface area contributed by atoms with Crippen molar-refractivity contribution in [3.8, 4) is 0 Å². The number of anilines is 3. The van der Waals surface area contributed by atoms with Crippen molar-refractivity contribution in [1.82, 2.24) is 9.97 Å². The number of oxazole rings is 1. The number of fused-ring (bicyclic) bond motifs is 2. The minimum absolute atomic E-state index is 0.0607. The Morgan fingerprint density at radius 3 is 2.03 bits per heavy atom. The van der Waals surface area contributed by atoms with Crippen molar-refractivity contribution in [2.24, 2.45) is 0 Å². The number of hydrogen-bond donors (Lipinski definition) is 2. The van der Waals surface area contributed by atoms with Gasteiger partial charge in [-0.2, -0.15) is 0 Å². The van der Waals surface area contributed by atoms with E-state index in [0.717, 1.165) is 33.2 Å². The third-order valence-corrected chi connectivity index (χ3v) is 6.20. The molecule has 2 heterocycles. The van der Waals surface area contributed by atoms with E-state index >= 15 is 0 Å². The Morgan fingerprint density at radius 1 is 0.839 bits per heavy atom. The first-order valence-corrected chi connectivity index (χ1v) is 11.1. The lowest BCUT2D eigenvalue weighted by atomic mass is 10.1. The zero-order valence-electron chi connectivity index (χ0n) is 16.5. The largest absolute Gasteiger partial charge is 0.428 e. The first-order chi connectivity index (χ1) is 15.0.